The summed E-state index contributed by atoms with van der Waals surface area (Å²) >= 11 is 0. The Morgan fingerprint density at radius 1 is 1.29 bits per heavy atom. The molecular formula is C14H15NO2. The van der Waals surface area contributed by atoms with E-state index in [0.29, 0.717) is 6.42 Å². The minimum absolute atomic E-state index is 0.133. The van der Waals surface area contributed by atoms with Gasteiger partial charge in [-0.2, -0.15) is 0 Å². The van der Waals surface area contributed by atoms with Gasteiger partial charge in [0.25, 0.3) is 0 Å². The zero-order chi connectivity index (χ0) is 12.1. The third-order valence-corrected chi connectivity index (χ3v) is 2.52. The number of ether oxygens (including phenoxy) is 1. The molecule has 0 aliphatic rings. The number of hydrogen-bond donors (Lipinski definition) is 0. The number of ketones is 1. The van der Waals surface area contributed by atoms with E-state index in [1.165, 1.54) is 0 Å². The van der Waals surface area contributed by atoms with E-state index in [1.54, 1.807) is 6.20 Å². The molecule has 0 atom stereocenters. The highest BCUT2D eigenvalue weighted by Crippen LogP contribution is 2.23. The zero-order valence-electron chi connectivity index (χ0n) is 9.85. The van der Waals surface area contributed by atoms with E-state index in [2.05, 4.69) is 4.98 Å². The summed E-state index contributed by atoms with van der Waals surface area (Å²) in [6.07, 6.45) is 3.18. The van der Waals surface area contributed by atoms with Gasteiger partial charge in [-0.3, -0.25) is 9.78 Å². The van der Waals surface area contributed by atoms with Crippen molar-refractivity contribution in [1.29, 1.82) is 0 Å². The van der Waals surface area contributed by atoms with E-state index in [-0.39, 0.29) is 12.4 Å². The van der Waals surface area contributed by atoms with Gasteiger partial charge in [0.15, 0.2) is 5.78 Å². The number of aromatic nitrogens is 1. The molecule has 0 unspecified atom stereocenters. The number of nitrogens with zero attached hydrogens (tertiary/aromatic N) is 1. The van der Waals surface area contributed by atoms with Crippen molar-refractivity contribution in [2.75, 3.05) is 6.61 Å². The number of rotatable bonds is 5. The van der Waals surface area contributed by atoms with Crippen molar-refractivity contribution in [2.45, 2.75) is 19.8 Å². The Morgan fingerprint density at radius 2 is 2.18 bits per heavy atom. The van der Waals surface area contributed by atoms with Crippen LogP contribution in [0.25, 0.3) is 10.9 Å². The SMILES string of the molecule is CCCC(=O)COc1cccc2ncccc12. The van der Waals surface area contributed by atoms with Crippen LogP contribution in [0.5, 0.6) is 5.75 Å². The molecule has 0 N–H and O–H groups in total. The Kier molecular flexibility index (Phi) is 3.70. The standard InChI is InChI=1S/C14H15NO2/c1-2-5-11(16)10-17-14-8-3-7-13-12(14)6-4-9-15-13/h3-4,6-9H,2,5,10H2,1H3. The molecule has 0 saturated carbocycles. The van der Waals surface area contributed by atoms with Crippen LogP contribution in [0.15, 0.2) is 36.5 Å². The number of fused-ring (bicyclic) bond motifs is 1. The predicted molar refractivity (Wildman–Crippen MR) is 67.2 cm³/mol. The molecular weight excluding hydrogens is 214 g/mol. The third-order valence-electron chi connectivity index (χ3n) is 2.52. The fourth-order valence-electron chi connectivity index (χ4n) is 1.71. The second kappa shape index (κ2) is 5.43. The monoisotopic (exact) mass is 229 g/mol. The van der Waals surface area contributed by atoms with Crippen molar-refractivity contribution in [1.82, 2.24) is 4.98 Å². The molecule has 0 aliphatic carbocycles. The second-order valence-electron chi connectivity index (χ2n) is 3.90. The lowest BCUT2D eigenvalue weighted by Crippen LogP contribution is -2.10. The van der Waals surface area contributed by atoms with Gasteiger partial charge in [-0.1, -0.05) is 13.0 Å². The molecule has 0 radical (unpaired) electrons. The summed E-state index contributed by atoms with van der Waals surface area (Å²) in [6, 6.07) is 9.49. The Labute approximate surface area is 100 Å². The summed E-state index contributed by atoms with van der Waals surface area (Å²) in [6.45, 7) is 2.13. The first-order valence-electron chi connectivity index (χ1n) is 5.79. The molecule has 0 spiro atoms. The fourth-order valence-corrected chi connectivity index (χ4v) is 1.71. The van der Waals surface area contributed by atoms with Crippen molar-refractivity contribution in [3.05, 3.63) is 36.5 Å². The lowest BCUT2D eigenvalue weighted by atomic mass is 10.2. The molecule has 1 aromatic heterocycles. The van der Waals surface area contributed by atoms with Gasteiger partial charge in [0, 0.05) is 18.0 Å². The number of Topliss-reactive ketones (excluding diaryl/α,β-unsaturated/α-hetero) is 1. The zero-order valence-corrected chi connectivity index (χ0v) is 9.85. The molecule has 0 saturated heterocycles. The maximum atomic E-state index is 11.4. The van der Waals surface area contributed by atoms with Crippen LogP contribution in [0.1, 0.15) is 19.8 Å². The van der Waals surface area contributed by atoms with Crippen LogP contribution in [0, 0.1) is 0 Å². The summed E-state index contributed by atoms with van der Waals surface area (Å²) < 4.78 is 5.54. The van der Waals surface area contributed by atoms with Crippen LogP contribution >= 0.6 is 0 Å². The van der Waals surface area contributed by atoms with E-state index < -0.39 is 0 Å². The molecule has 2 aromatic rings. The minimum atomic E-state index is 0.133. The molecule has 0 fully saturated rings. The van der Waals surface area contributed by atoms with Gasteiger partial charge in [0.05, 0.1) is 5.52 Å². The van der Waals surface area contributed by atoms with Crippen molar-refractivity contribution >= 4 is 16.7 Å². The Morgan fingerprint density at radius 3 is 3.00 bits per heavy atom. The van der Waals surface area contributed by atoms with Crippen molar-refractivity contribution in [2.24, 2.45) is 0 Å². The lowest BCUT2D eigenvalue weighted by Gasteiger charge is -2.07. The van der Waals surface area contributed by atoms with Gasteiger partial charge in [0.2, 0.25) is 0 Å². The van der Waals surface area contributed by atoms with Gasteiger partial charge < -0.3 is 4.74 Å². The first-order chi connectivity index (χ1) is 8.31. The van der Waals surface area contributed by atoms with Gasteiger partial charge in [-0.05, 0) is 30.7 Å². The summed E-state index contributed by atoms with van der Waals surface area (Å²) in [7, 11) is 0. The van der Waals surface area contributed by atoms with Crippen molar-refractivity contribution in [3.63, 3.8) is 0 Å². The number of carbonyl (C=O) groups is 1. The van der Waals surface area contributed by atoms with Crippen LogP contribution in [0.3, 0.4) is 0 Å². The highest BCUT2D eigenvalue weighted by molar-refractivity contribution is 5.85. The highest BCUT2D eigenvalue weighted by atomic mass is 16.5. The predicted octanol–water partition coefficient (Wildman–Crippen LogP) is 2.98. The molecule has 17 heavy (non-hydrogen) atoms. The smallest absolute Gasteiger partial charge is 0.170 e. The number of carbonyl (C=O) groups excluding carboxylic acids is 1. The maximum Gasteiger partial charge on any atom is 0.170 e. The summed E-state index contributed by atoms with van der Waals surface area (Å²) in [5.41, 5.74) is 0.882. The molecule has 0 aliphatic heterocycles. The fraction of sp³-hybridized carbons (Fsp3) is 0.286. The van der Waals surface area contributed by atoms with E-state index in [9.17, 15) is 4.79 Å². The molecule has 0 bridgehead atoms. The maximum absolute atomic E-state index is 11.4. The Hall–Kier alpha value is -1.90. The van der Waals surface area contributed by atoms with Crippen molar-refractivity contribution in [3.8, 4) is 5.75 Å². The molecule has 88 valence electrons. The molecule has 3 heteroatoms. The molecule has 3 nitrogen and oxygen atoms in total. The highest BCUT2D eigenvalue weighted by Gasteiger charge is 2.05. The van der Waals surface area contributed by atoms with Crippen LogP contribution in [-0.4, -0.2) is 17.4 Å². The van der Waals surface area contributed by atoms with Gasteiger partial charge in [0.1, 0.15) is 12.4 Å². The van der Waals surface area contributed by atoms with Crippen LogP contribution in [0.2, 0.25) is 0 Å². The van der Waals surface area contributed by atoms with Gasteiger partial charge in [-0.15, -0.1) is 0 Å². The number of benzene rings is 1. The average molecular weight is 229 g/mol. The molecule has 1 aromatic carbocycles. The summed E-state index contributed by atoms with van der Waals surface area (Å²) in [5.74, 6) is 0.855. The Bertz CT molecular complexity index is 517. The lowest BCUT2D eigenvalue weighted by molar-refractivity contribution is -0.121. The van der Waals surface area contributed by atoms with Crippen molar-refractivity contribution < 1.29 is 9.53 Å². The average Bonchev–Trinajstić information content (AvgIpc) is 2.36. The quantitative estimate of drug-likeness (QED) is 0.791. The van der Waals surface area contributed by atoms with E-state index in [0.717, 1.165) is 23.1 Å². The Balaban J connectivity index is 2.16. The number of hydrogen-bond acceptors (Lipinski definition) is 3. The second-order valence-corrected chi connectivity index (χ2v) is 3.90. The normalized spacial score (nSPS) is 10.4. The first kappa shape index (κ1) is 11.6. The van der Waals surface area contributed by atoms with Crippen LogP contribution in [0.4, 0.5) is 0 Å². The largest absolute Gasteiger partial charge is 0.485 e. The topological polar surface area (TPSA) is 39.2 Å². The third kappa shape index (κ3) is 2.81. The first-order valence-corrected chi connectivity index (χ1v) is 5.79. The minimum Gasteiger partial charge on any atom is -0.485 e. The van der Waals surface area contributed by atoms with E-state index in [1.807, 2.05) is 37.3 Å². The summed E-state index contributed by atoms with van der Waals surface area (Å²) in [4.78, 5) is 15.7. The number of pyridine rings is 1. The summed E-state index contributed by atoms with van der Waals surface area (Å²) in [5, 5.41) is 0.944. The molecule has 1 heterocycles. The van der Waals surface area contributed by atoms with Gasteiger partial charge >= 0.3 is 0 Å². The molecule has 2 rings (SSSR count). The van der Waals surface area contributed by atoms with Crippen LogP contribution in [-0.2, 0) is 4.79 Å². The van der Waals surface area contributed by atoms with Crippen LogP contribution < -0.4 is 4.74 Å². The molecule has 0 amide bonds. The van der Waals surface area contributed by atoms with E-state index in [4.69, 9.17) is 4.74 Å². The van der Waals surface area contributed by atoms with E-state index >= 15 is 0 Å². The van der Waals surface area contributed by atoms with Gasteiger partial charge in [-0.25, -0.2) is 0 Å².